The molecule has 0 aromatic carbocycles. The molecule has 4 heterocycles. The maximum absolute atomic E-state index is 12.0. The topological polar surface area (TPSA) is 110 Å². The lowest BCUT2D eigenvalue weighted by Crippen LogP contribution is -2.49. The molecule has 140 valence electrons. The minimum Gasteiger partial charge on any atom is -0.382 e. The monoisotopic (exact) mass is 395 g/mol. The van der Waals surface area contributed by atoms with E-state index in [9.17, 15) is 8.42 Å². The summed E-state index contributed by atoms with van der Waals surface area (Å²) in [6, 6.07) is 0. The summed E-state index contributed by atoms with van der Waals surface area (Å²) in [4.78, 5) is 16.3. The number of nitrogens with zero attached hydrogens (tertiary/aromatic N) is 6. The molecule has 0 atom stereocenters. The Morgan fingerprint density at radius 2 is 2.04 bits per heavy atom. The number of hydrogen-bond acceptors (Lipinski definition) is 8. The third-order valence-corrected chi connectivity index (χ3v) is 7.10. The number of fused-ring (bicyclic) bond motifs is 1. The second-order valence-electron chi connectivity index (χ2n) is 5.97. The summed E-state index contributed by atoms with van der Waals surface area (Å²) < 4.78 is 27.4. The summed E-state index contributed by atoms with van der Waals surface area (Å²) >= 11 is 1.54. The molecule has 0 unspecified atom stereocenters. The third-order valence-electron chi connectivity index (χ3n) is 4.44. The molecule has 0 spiro atoms. The number of nitrogen functional groups attached to an aromatic ring is 1. The maximum atomic E-state index is 12.0. The number of nitrogens with two attached hydrogens (primary N) is 1. The molecule has 26 heavy (non-hydrogen) atoms. The summed E-state index contributed by atoms with van der Waals surface area (Å²) in [5, 5.41) is 1.96. The van der Waals surface area contributed by atoms with E-state index in [1.165, 1.54) is 15.6 Å². The molecule has 2 N–H and O–H groups in total. The second-order valence-corrected chi connectivity index (χ2v) is 9.10. The van der Waals surface area contributed by atoms with E-state index in [2.05, 4.69) is 15.0 Å². The molecule has 1 aliphatic heterocycles. The molecular weight excluding hydrogens is 374 g/mol. The van der Waals surface area contributed by atoms with Crippen LogP contribution in [0.1, 0.15) is 8.35 Å². The average Bonchev–Trinajstić information content (AvgIpc) is 3.24. The van der Waals surface area contributed by atoms with Gasteiger partial charge in [0.2, 0.25) is 10.0 Å². The van der Waals surface area contributed by atoms with Gasteiger partial charge in [-0.2, -0.15) is 4.31 Å². The quantitative estimate of drug-likeness (QED) is 0.706. The van der Waals surface area contributed by atoms with Gasteiger partial charge in [-0.05, 0) is 6.92 Å². The molecule has 0 saturated carbocycles. The molecule has 1 aliphatic rings. The number of hydrogen-bond donors (Lipinski definition) is 1. The molecule has 11 heteroatoms. The Morgan fingerprint density at radius 1 is 1.27 bits per heavy atom. The fraction of sp³-hybridized carbons (Fsp3) is 0.400. The van der Waals surface area contributed by atoms with E-state index in [0.29, 0.717) is 49.2 Å². The Morgan fingerprint density at radius 3 is 2.73 bits per heavy atom. The van der Waals surface area contributed by atoms with Gasteiger partial charge in [-0.3, -0.25) is 4.40 Å². The van der Waals surface area contributed by atoms with Crippen LogP contribution < -0.4 is 10.6 Å². The summed E-state index contributed by atoms with van der Waals surface area (Å²) in [7, 11) is -3.15. The Hall–Kier alpha value is -2.24. The molecule has 1 fully saturated rings. The fourth-order valence-electron chi connectivity index (χ4n) is 2.95. The van der Waals surface area contributed by atoms with Gasteiger partial charge in [0.05, 0.1) is 11.9 Å². The number of aromatic nitrogens is 4. The lowest BCUT2D eigenvalue weighted by Gasteiger charge is -2.34. The van der Waals surface area contributed by atoms with Crippen LogP contribution in [0.5, 0.6) is 0 Å². The molecule has 0 radical (unpaired) electrons. The van der Waals surface area contributed by atoms with Crippen molar-refractivity contribution >= 4 is 38.0 Å². The van der Waals surface area contributed by atoms with Crippen molar-refractivity contribution in [3.8, 4) is 11.4 Å². The van der Waals surface area contributed by atoms with Gasteiger partial charge in [0.15, 0.2) is 10.8 Å². The van der Waals surface area contributed by atoms with Crippen LogP contribution in [0.2, 0.25) is 0 Å². The Bertz CT molecular complexity index is 1010. The van der Waals surface area contributed by atoms with Crippen molar-refractivity contribution in [3.63, 3.8) is 0 Å². The van der Waals surface area contributed by atoms with Crippen molar-refractivity contribution in [2.24, 2.45) is 0 Å². The van der Waals surface area contributed by atoms with Crippen molar-refractivity contribution in [2.45, 2.75) is 6.92 Å². The summed E-state index contributed by atoms with van der Waals surface area (Å²) in [6.07, 6.45) is 5.43. The van der Waals surface area contributed by atoms with Gasteiger partial charge in [0.25, 0.3) is 0 Å². The van der Waals surface area contributed by atoms with Gasteiger partial charge >= 0.3 is 0 Å². The fourth-order valence-corrected chi connectivity index (χ4v) is 4.73. The first-order valence-corrected chi connectivity index (χ1v) is 10.7. The van der Waals surface area contributed by atoms with Crippen molar-refractivity contribution in [3.05, 3.63) is 24.0 Å². The number of thiazole rings is 1. The van der Waals surface area contributed by atoms with Gasteiger partial charge in [-0.25, -0.2) is 23.4 Å². The highest BCUT2D eigenvalue weighted by Gasteiger charge is 2.26. The Kier molecular flexibility index (Phi) is 4.29. The average molecular weight is 396 g/mol. The molecule has 0 bridgehead atoms. The third kappa shape index (κ3) is 3.02. The molecule has 0 amide bonds. The van der Waals surface area contributed by atoms with Gasteiger partial charge in [-0.1, -0.05) is 0 Å². The highest BCUT2D eigenvalue weighted by atomic mass is 32.2. The predicted molar refractivity (Wildman–Crippen MR) is 104 cm³/mol. The van der Waals surface area contributed by atoms with E-state index in [1.54, 1.807) is 13.1 Å². The number of sulfonamides is 1. The van der Waals surface area contributed by atoms with Crippen LogP contribution in [0.3, 0.4) is 0 Å². The lowest BCUT2D eigenvalue weighted by atomic mass is 10.3. The zero-order chi connectivity index (χ0) is 18.3. The molecular formula is C15H21N7O2S2. The summed E-state index contributed by atoms with van der Waals surface area (Å²) in [5.41, 5.74) is 7.23. The van der Waals surface area contributed by atoms with Gasteiger partial charge < -0.3 is 10.6 Å². The van der Waals surface area contributed by atoms with E-state index in [1.807, 2.05) is 27.1 Å². The SMILES string of the molecule is CCS(=O)(=O)N1CCN(c2cnc(N)c(-c3cn4ccsc4n3)n2)CC1.[HH]. The van der Waals surface area contributed by atoms with Crippen LogP contribution in [0, 0.1) is 0 Å². The summed E-state index contributed by atoms with van der Waals surface area (Å²) in [6.45, 7) is 3.68. The molecule has 9 nitrogen and oxygen atoms in total. The summed E-state index contributed by atoms with van der Waals surface area (Å²) in [5.74, 6) is 1.13. The minimum atomic E-state index is -3.15. The number of rotatable bonds is 4. The van der Waals surface area contributed by atoms with Crippen molar-refractivity contribution in [1.82, 2.24) is 23.7 Å². The molecule has 4 rings (SSSR count). The molecule has 1 saturated heterocycles. The van der Waals surface area contributed by atoms with Crippen LogP contribution in [0.25, 0.3) is 16.3 Å². The highest BCUT2D eigenvalue weighted by Crippen LogP contribution is 2.26. The first kappa shape index (κ1) is 17.2. The number of anilines is 2. The predicted octanol–water partition coefficient (Wildman–Crippen LogP) is 1.15. The van der Waals surface area contributed by atoms with Crippen LogP contribution in [0.4, 0.5) is 11.6 Å². The largest absolute Gasteiger partial charge is 0.382 e. The van der Waals surface area contributed by atoms with Crippen molar-refractivity contribution in [1.29, 1.82) is 0 Å². The van der Waals surface area contributed by atoms with Crippen LogP contribution in [0.15, 0.2) is 24.0 Å². The first-order chi connectivity index (χ1) is 12.5. The normalized spacial score (nSPS) is 16.4. The van der Waals surface area contributed by atoms with Crippen LogP contribution in [-0.2, 0) is 10.0 Å². The van der Waals surface area contributed by atoms with E-state index in [0.717, 1.165) is 4.96 Å². The van der Waals surface area contributed by atoms with Gasteiger partial charge in [-0.15, -0.1) is 11.3 Å². The molecule has 3 aromatic rings. The number of piperazine rings is 1. The van der Waals surface area contributed by atoms with E-state index >= 15 is 0 Å². The van der Waals surface area contributed by atoms with E-state index in [4.69, 9.17) is 5.73 Å². The molecule has 3 aromatic heterocycles. The Labute approximate surface area is 156 Å². The van der Waals surface area contributed by atoms with Crippen molar-refractivity contribution < 1.29 is 9.84 Å². The Balaban J connectivity index is 0.00000210. The maximum Gasteiger partial charge on any atom is 0.213 e. The van der Waals surface area contributed by atoms with E-state index < -0.39 is 10.0 Å². The molecule has 0 aliphatic carbocycles. The van der Waals surface area contributed by atoms with Gasteiger partial charge in [0.1, 0.15) is 17.2 Å². The smallest absolute Gasteiger partial charge is 0.213 e. The van der Waals surface area contributed by atoms with E-state index in [-0.39, 0.29) is 7.18 Å². The van der Waals surface area contributed by atoms with Crippen molar-refractivity contribution in [2.75, 3.05) is 42.6 Å². The minimum absolute atomic E-state index is 0. The number of imidazole rings is 1. The second kappa shape index (κ2) is 6.49. The van der Waals surface area contributed by atoms with Gasteiger partial charge in [0, 0.05) is 45.4 Å². The zero-order valence-corrected chi connectivity index (χ0v) is 15.9. The van der Waals surface area contributed by atoms with Crippen LogP contribution in [-0.4, -0.2) is 64.0 Å². The highest BCUT2D eigenvalue weighted by molar-refractivity contribution is 7.89. The van der Waals surface area contributed by atoms with Crippen LogP contribution >= 0.6 is 11.3 Å². The first-order valence-electron chi connectivity index (χ1n) is 8.26. The standard InChI is InChI=1S/C15H19N7O2S2.H2/c1-2-26(23,24)22-5-3-20(4-6-22)12-9-17-14(16)13(19-12)11-10-21-7-8-25-15(21)18-11;/h7-10H,2-6H2,1H3,(H2,16,17);1H. The zero-order valence-electron chi connectivity index (χ0n) is 14.2. The lowest BCUT2D eigenvalue weighted by molar-refractivity contribution is 0.384.